The quantitative estimate of drug-likeness (QED) is 0.803. The summed E-state index contributed by atoms with van der Waals surface area (Å²) in [6.07, 6.45) is 0.472. The minimum absolute atomic E-state index is 0.367. The number of benzene rings is 2. The number of nitrogens with two attached hydrogens (primary N) is 1. The minimum Gasteiger partial charge on any atom is -0.324 e. The molecule has 2 aromatic carbocycles. The molecule has 2 N–H and O–H groups in total. The number of aromatic nitrogens is 2. The summed E-state index contributed by atoms with van der Waals surface area (Å²) < 4.78 is 15.7. The van der Waals surface area contributed by atoms with Gasteiger partial charge in [0.1, 0.15) is 5.82 Å². The molecule has 0 fully saturated rings. The number of nitrogens with zero attached hydrogens (tertiary/aromatic N) is 2. The van der Waals surface area contributed by atoms with Crippen molar-refractivity contribution >= 4 is 22.5 Å². The lowest BCUT2D eigenvalue weighted by molar-refractivity contribution is 0.576. The van der Waals surface area contributed by atoms with E-state index >= 15 is 0 Å². The highest BCUT2D eigenvalue weighted by atomic mass is 35.5. The Balaban J connectivity index is 1.94. The van der Waals surface area contributed by atoms with Crippen molar-refractivity contribution in [1.82, 2.24) is 9.78 Å². The molecule has 0 amide bonds. The maximum Gasteiger partial charge on any atom is 0.129 e. The predicted octanol–water partition coefficient (Wildman–Crippen LogP) is 3.61. The van der Waals surface area contributed by atoms with E-state index in [0.29, 0.717) is 17.0 Å². The molecular formula is C16H15ClFN3. The van der Waals surface area contributed by atoms with Gasteiger partial charge in [-0.15, -0.1) is 0 Å². The Morgan fingerprint density at radius 3 is 2.81 bits per heavy atom. The fourth-order valence-corrected chi connectivity index (χ4v) is 2.72. The van der Waals surface area contributed by atoms with Crippen LogP contribution in [0.15, 0.2) is 42.5 Å². The smallest absolute Gasteiger partial charge is 0.129 e. The lowest BCUT2D eigenvalue weighted by atomic mass is 10.0. The van der Waals surface area contributed by atoms with Gasteiger partial charge in [-0.2, -0.15) is 5.10 Å². The predicted molar refractivity (Wildman–Crippen MR) is 82.8 cm³/mol. The van der Waals surface area contributed by atoms with Gasteiger partial charge in [0, 0.05) is 35.5 Å². The molecule has 1 unspecified atom stereocenters. The van der Waals surface area contributed by atoms with Crippen LogP contribution in [0.2, 0.25) is 5.02 Å². The number of hydrogen-bond acceptors (Lipinski definition) is 2. The largest absolute Gasteiger partial charge is 0.324 e. The van der Waals surface area contributed by atoms with Gasteiger partial charge < -0.3 is 5.73 Å². The van der Waals surface area contributed by atoms with E-state index in [4.69, 9.17) is 17.3 Å². The van der Waals surface area contributed by atoms with E-state index in [1.165, 1.54) is 6.07 Å². The average molecular weight is 304 g/mol. The molecule has 0 spiro atoms. The molecule has 0 saturated heterocycles. The number of halogens is 2. The number of fused-ring (bicyclic) bond motifs is 1. The van der Waals surface area contributed by atoms with E-state index in [1.807, 2.05) is 36.0 Å². The molecule has 0 radical (unpaired) electrons. The third-order valence-electron chi connectivity index (χ3n) is 3.61. The molecule has 0 bridgehead atoms. The second-order valence-electron chi connectivity index (χ2n) is 5.06. The van der Waals surface area contributed by atoms with Crippen molar-refractivity contribution in [1.29, 1.82) is 0 Å². The van der Waals surface area contributed by atoms with Crippen molar-refractivity contribution in [2.75, 3.05) is 0 Å². The lowest BCUT2D eigenvalue weighted by Gasteiger charge is -2.12. The van der Waals surface area contributed by atoms with E-state index in [0.717, 1.165) is 16.6 Å². The zero-order valence-electron chi connectivity index (χ0n) is 11.6. The van der Waals surface area contributed by atoms with Gasteiger partial charge in [-0.05, 0) is 18.2 Å². The van der Waals surface area contributed by atoms with Gasteiger partial charge in [-0.1, -0.05) is 35.9 Å². The fourth-order valence-electron chi connectivity index (χ4n) is 2.56. The highest BCUT2D eigenvalue weighted by molar-refractivity contribution is 6.30. The Morgan fingerprint density at radius 2 is 2.05 bits per heavy atom. The lowest BCUT2D eigenvalue weighted by Crippen LogP contribution is -2.15. The summed E-state index contributed by atoms with van der Waals surface area (Å²) in [6, 6.07) is 12.0. The summed E-state index contributed by atoms with van der Waals surface area (Å²) in [5.41, 5.74) is 8.51. The van der Waals surface area contributed by atoms with E-state index in [1.54, 1.807) is 12.1 Å². The second kappa shape index (κ2) is 5.47. The molecule has 0 aliphatic heterocycles. The first-order chi connectivity index (χ1) is 10.1. The minimum atomic E-state index is -0.458. The van der Waals surface area contributed by atoms with Crippen molar-refractivity contribution in [3.8, 4) is 0 Å². The first-order valence-electron chi connectivity index (χ1n) is 6.67. The summed E-state index contributed by atoms with van der Waals surface area (Å²) in [4.78, 5) is 0. The maximum atomic E-state index is 13.9. The molecule has 1 aromatic heterocycles. The summed E-state index contributed by atoms with van der Waals surface area (Å²) in [6.45, 7) is 0. The molecule has 5 heteroatoms. The second-order valence-corrected chi connectivity index (χ2v) is 5.50. The molecule has 21 heavy (non-hydrogen) atoms. The Morgan fingerprint density at radius 1 is 1.29 bits per heavy atom. The number of rotatable bonds is 3. The number of aryl methyl sites for hydroxylation is 1. The molecule has 0 saturated carbocycles. The molecule has 3 aromatic rings. The van der Waals surface area contributed by atoms with Gasteiger partial charge in [0.15, 0.2) is 0 Å². The van der Waals surface area contributed by atoms with Crippen LogP contribution in [0.1, 0.15) is 17.3 Å². The molecule has 1 atom stereocenters. The zero-order valence-corrected chi connectivity index (χ0v) is 12.3. The van der Waals surface area contributed by atoms with Crippen molar-refractivity contribution < 1.29 is 4.39 Å². The number of para-hydroxylation sites is 1. The first kappa shape index (κ1) is 14.0. The zero-order chi connectivity index (χ0) is 15.0. The van der Waals surface area contributed by atoms with Gasteiger partial charge in [0.25, 0.3) is 0 Å². The van der Waals surface area contributed by atoms with E-state index < -0.39 is 6.04 Å². The van der Waals surface area contributed by atoms with E-state index in [2.05, 4.69) is 5.10 Å². The van der Waals surface area contributed by atoms with Gasteiger partial charge >= 0.3 is 0 Å². The van der Waals surface area contributed by atoms with Crippen molar-refractivity contribution in [3.63, 3.8) is 0 Å². The highest BCUT2D eigenvalue weighted by Crippen LogP contribution is 2.25. The van der Waals surface area contributed by atoms with Gasteiger partial charge in [0.2, 0.25) is 0 Å². The normalized spacial score (nSPS) is 12.8. The SMILES string of the molecule is Cn1nc(CC(N)c2ccc(Cl)cc2F)c2ccccc21. The monoisotopic (exact) mass is 303 g/mol. The van der Waals surface area contributed by atoms with Crippen LogP contribution in [0.25, 0.3) is 10.9 Å². The summed E-state index contributed by atoms with van der Waals surface area (Å²) >= 11 is 5.77. The van der Waals surface area contributed by atoms with Crippen LogP contribution in [0.5, 0.6) is 0 Å². The molecule has 3 rings (SSSR count). The van der Waals surface area contributed by atoms with Crippen LogP contribution >= 0.6 is 11.6 Å². The standard InChI is InChI=1S/C16H15ClFN3/c1-21-16-5-3-2-4-12(16)15(20-21)9-14(19)11-7-6-10(17)8-13(11)18/h2-8,14H,9,19H2,1H3. The van der Waals surface area contributed by atoms with Crippen molar-refractivity contribution in [2.45, 2.75) is 12.5 Å². The van der Waals surface area contributed by atoms with Crippen LogP contribution in [0.4, 0.5) is 4.39 Å². The Labute approximate surface area is 127 Å². The van der Waals surface area contributed by atoms with Gasteiger partial charge in [-0.3, -0.25) is 4.68 Å². The molecule has 3 nitrogen and oxygen atoms in total. The molecule has 0 aliphatic carbocycles. The van der Waals surface area contributed by atoms with Crippen LogP contribution in [0.3, 0.4) is 0 Å². The number of hydrogen-bond donors (Lipinski definition) is 1. The van der Waals surface area contributed by atoms with Gasteiger partial charge in [0.05, 0.1) is 11.2 Å². The molecule has 0 aliphatic rings. The Bertz CT molecular complexity index is 797. The molecule has 1 heterocycles. The van der Waals surface area contributed by atoms with Gasteiger partial charge in [-0.25, -0.2) is 4.39 Å². The summed E-state index contributed by atoms with van der Waals surface area (Å²) in [5, 5.41) is 5.90. The van der Waals surface area contributed by atoms with Crippen molar-refractivity contribution in [2.24, 2.45) is 12.8 Å². The topological polar surface area (TPSA) is 43.8 Å². The first-order valence-corrected chi connectivity index (χ1v) is 7.05. The van der Waals surface area contributed by atoms with Crippen molar-refractivity contribution in [3.05, 3.63) is 64.6 Å². The summed E-state index contributed by atoms with van der Waals surface area (Å²) in [7, 11) is 1.89. The molecule has 108 valence electrons. The van der Waals surface area contributed by atoms with Crippen LogP contribution in [0, 0.1) is 5.82 Å². The maximum absolute atomic E-state index is 13.9. The van der Waals surface area contributed by atoms with Crippen LogP contribution in [-0.4, -0.2) is 9.78 Å². The van der Waals surface area contributed by atoms with Crippen LogP contribution in [-0.2, 0) is 13.5 Å². The fraction of sp³-hybridized carbons (Fsp3) is 0.188. The van der Waals surface area contributed by atoms with E-state index in [9.17, 15) is 4.39 Å². The Hall–Kier alpha value is -1.91. The highest BCUT2D eigenvalue weighted by Gasteiger charge is 2.16. The van der Waals surface area contributed by atoms with E-state index in [-0.39, 0.29) is 5.82 Å². The average Bonchev–Trinajstić information content (AvgIpc) is 2.76. The third-order valence-corrected chi connectivity index (χ3v) is 3.84. The van der Waals surface area contributed by atoms with Crippen LogP contribution < -0.4 is 5.73 Å². The third kappa shape index (κ3) is 2.64. The Kier molecular flexibility index (Phi) is 3.66. The summed E-state index contributed by atoms with van der Waals surface area (Å²) in [5.74, 6) is -0.379. The molecular weight excluding hydrogens is 289 g/mol.